The van der Waals surface area contributed by atoms with Gasteiger partial charge in [-0.3, -0.25) is 9.59 Å². The maximum atomic E-state index is 14.5. The molecule has 2 aliphatic rings. The first-order valence-electron chi connectivity index (χ1n) is 12.2. The van der Waals surface area contributed by atoms with Crippen LogP contribution in [0.5, 0.6) is 5.75 Å². The first-order valence-corrected chi connectivity index (χ1v) is 12.2. The molecule has 35 heavy (non-hydrogen) atoms. The van der Waals surface area contributed by atoms with Crippen LogP contribution in [0, 0.1) is 24.6 Å². The summed E-state index contributed by atoms with van der Waals surface area (Å²) < 4.78 is 31.5. The molecule has 2 fully saturated rings. The lowest BCUT2D eigenvalue weighted by molar-refractivity contribution is -0.150. The summed E-state index contributed by atoms with van der Waals surface area (Å²) in [5.41, 5.74) is 1.49. The molecule has 0 bridgehead atoms. The van der Waals surface area contributed by atoms with Crippen molar-refractivity contribution in [3.8, 4) is 5.75 Å². The molecular weight excluding hydrogens is 448 g/mol. The largest absolute Gasteiger partial charge is 0.466 e. The van der Waals surface area contributed by atoms with E-state index < -0.39 is 23.7 Å². The number of rotatable bonds is 7. The molecule has 0 saturated carbocycles. The second-order valence-electron chi connectivity index (χ2n) is 9.20. The molecule has 0 aromatic heterocycles. The number of carbonyl (C=O) groups is 2. The number of benzene rings is 2. The maximum Gasteiger partial charge on any atom is 0.310 e. The Balaban J connectivity index is 1.68. The average Bonchev–Trinajstić information content (AvgIpc) is 2.86. The third-order valence-corrected chi connectivity index (χ3v) is 6.85. The molecule has 2 aliphatic heterocycles. The number of ketones is 1. The van der Waals surface area contributed by atoms with Crippen molar-refractivity contribution in [2.24, 2.45) is 11.8 Å². The van der Waals surface area contributed by atoms with Gasteiger partial charge in [0, 0.05) is 30.4 Å². The third-order valence-electron chi connectivity index (χ3n) is 6.85. The fourth-order valence-corrected chi connectivity index (χ4v) is 5.12. The first kappa shape index (κ1) is 25.4. The van der Waals surface area contributed by atoms with Crippen molar-refractivity contribution in [1.29, 1.82) is 0 Å². The number of nitrogens with zero attached hydrogens (tertiary/aromatic N) is 1. The van der Waals surface area contributed by atoms with Crippen molar-refractivity contribution in [3.63, 3.8) is 0 Å². The first-order chi connectivity index (χ1) is 16.9. The molecule has 0 amide bonds. The van der Waals surface area contributed by atoms with Gasteiger partial charge >= 0.3 is 5.97 Å². The zero-order valence-corrected chi connectivity index (χ0v) is 20.2. The molecular formula is C27H31BFNO5. The minimum atomic E-state index is -0.710. The molecule has 2 aromatic rings. The Morgan fingerprint density at radius 1 is 1.14 bits per heavy atom. The standard InChI is InChI=1S/C27H31BFNO5/c1-3-33-27(32)22-16-30(28)15-21(25(22)20-10-7-11-23(29)17(20)2)26(31)18-8-6-9-19(14-18)35-24-12-4-5-13-34-24/h6-11,14,21-22,24-25H,3-5,12-13,15-16H2,1-2H3/t21-,22+,24?,25+/m0/s1. The maximum absolute atomic E-state index is 14.5. The summed E-state index contributed by atoms with van der Waals surface area (Å²) in [6, 6.07) is 11.7. The van der Waals surface area contributed by atoms with Gasteiger partial charge in [0.2, 0.25) is 0 Å². The minimum Gasteiger partial charge on any atom is -0.466 e. The fraction of sp³-hybridized carbons (Fsp3) is 0.481. The van der Waals surface area contributed by atoms with Gasteiger partial charge in [0.25, 0.3) is 0 Å². The van der Waals surface area contributed by atoms with E-state index in [0.29, 0.717) is 29.0 Å². The van der Waals surface area contributed by atoms with Crippen molar-refractivity contribution in [3.05, 3.63) is 65.0 Å². The summed E-state index contributed by atoms with van der Waals surface area (Å²) in [6.45, 7) is 4.70. The summed E-state index contributed by atoms with van der Waals surface area (Å²) in [7, 11) is 6.19. The van der Waals surface area contributed by atoms with Crippen LogP contribution in [0.25, 0.3) is 0 Å². The van der Waals surface area contributed by atoms with Crippen molar-refractivity contribution in [2.75, 3.05) is 26.3 Å². The summed E-state index contributed by atoms with van der Waals surface area (Å²) >= 11 is 0. The molecule has 4 atom stereocenters. The highest BCUT2D eigenvalue weighted by molar-refractivity contribution is 6.06. The predicted octanol–water partition coefficient (Wildman–Crippen LogP) is 4.20. The lowest BCUT2D eigenvalue weighted by Gasteiger charge is -2.42. The van der Waals surface area contributed by atoms with Crippen molar-refractivity contribution >= 4 is 19.7 Å². The highest BCUT2D eigenvalue weighted by Gasteiger charge is 2.45. The van der Waals surface area contributed by atoms with E-state index in [0.717, 1.165) is 19.3 Å². The normalized spacial score (nSPS) is 25.1. The van der Waals surface area contributed by atoms with Crippen LogP contribution >= 0.6 is 0 Å². The van der Waals surface area contributed by atoms with E-state index in [1.165, 1.54) is 10.9 Å². The number of ether oxygens (including phenoxy) is 3. The van der Waals surface area contributed by atoms with Crippen LogP contribution in [-0.4, -0.2) is 57.1 Å². The van der Waals surface area contributed by atoms with Crippen molar-refractivity contribution in [2.45, 2.75) is 45.3 Å². The number of hydrogen-bond donors (Lipinski definition) is 0. The zero-order chi connectivity index (χ0) is 24.9. The second kappa shape index (κ2) is 11.4. The number of esters is 1. The molecule has 8 heteroatoms. The zero-order valence-electron chi connectivity index (χ0n) is 20.2. The van der Waals surface area contributed by atoms with E-state index in [1.807, 2.05) is 0 Å². The molecule has 4 rings (SSSR count). The van der Waals surface area contributed by atoms with E-state index >= 15 is 0 Å². The Hall–Kier alpha value is -2.71. The predicted molar refractivity (Wildman–Crippen MR) is 130 cm³/mol. The van der Waals surface area contributed by atoms with Gasteiger partial charge in [-0.25, -0.2) is 4.39 Å². The van der Waals surface area contributed by atoms with E-state index in [2.05, 4.69) is 0 Å². The van der Waals surface area contributed by atoms with E-state index in [1.54, 1.807) is 50.2 Å². The smallest absolute Gasteiger partial charge is 0.310 e. The minimum absolute atomic E-state index is 0.182. The number of carbonyl (C=O) groups excluding carboxylic acids is 2. The van der Waals surface area contributed by atoms with Crippen molar-refractivity contribution in [1.82, 2.24) is 4.81 Å². The van der Waals surface area contributed by atoms with Crippen LogP contribution in [-0.2, 0) is 14.3 Å². The topological polar surface area (TPSA) is 65.1 Å². The molecule has 0 spiro atoms. The summed E-state index contributed by atoms with van der Waals surface area (Å²) in [6.07, 6.45) is 2.50. The Bertz CT molecular complexity index is 1060. The molecule has 1 unspecified atom stereocenters. The number of halogens is 1. The Morgan fingerprint density at radius 2 is 1.91 bits per heavy atom. The summed E-state index contributed by atoms with van der Waals surface area (Å²) in [5.74, 6) is -2.43. The number of hydrogen-bond acceptors (Lipinski definition) is 6. The van der Waals surface area contributed by atoms with Crippen LogP contribution < -0.4 is 4.74 Å². The molecule has 2 aromatic carbocycles. The van der Waals surface area contributed by atoms with Gasteiger partial charge in [0.05, 0.1) is 19.1 Å². The average molecular weight is 479 g/mol. The Labute approximate surface area is 207 Å². The van der Waals surface area contributed by atoms with Crippen LogP contribution in [0.1, 0.15) is 53.6 Å². The van der Waals surface area contributed by atoms with Gasteiger partial charge in [0.15, 0.2) is 20.1 Å². The fourth-order valence-electron chi connectivity index (χ4n) is 5.12. The van der Waals surface area contributed by atoms with Gasteiger partial charge in [-0.1, -0.05) is 24.3 Å². The van der Waals surface area contributed by atoms with Crippen LogP contribution in [0.2, 0.25) is 0 Å². The molecule has 2 saturated heterocycles. The molecule has 2 heterocycles. The molecule has 6 nitrogen and oxygen atoms in total. The van der Waals surface area contributed by atoms with Gasteiger partial charge in [-0.15, -0.1) is 0 Å². The lowest BCUT2D eigenvalue weighted by Crippen LogP contribution is -2.50. The van der Waals surface area contributed by atoms with Crippen molar-refractivity contribution < 1.29 is 28.2 Å². The third kappa shape index (κ3) is 5.76. The summed E-state index contributed by atoms with van der Waals surface area (Å²) in [4.78, 5) is 28.3. The highest BCUT2D eigenvalue weighted by Crippen LogP contribution is 2.41. The molecule has 184 valence electrons. The number of piperidine rings is 1. The molecule has 2 radical (unpaired) electrons. The van der Waals surface area contributed by atoms with Gasteiger partial charge < -0.3 is 19.0 Å². The Morgan fingerprint density at radius 3 is 2.66 bits per heavy atom. The summed E-state index contributed by atoms with van der Waals surface area (Å²) in [5, 5.41) is 0. The van der Waals surface area contributed by atoms with Gasteiger partial charge in [0.1, 0.15) is 11.6 Å². The molecule has 0 N–H and O–H groups in total. The monoisotopic (exact) mass is 479 g/mol. The highest BCUT2D eigenvalue weighted by atomic mass is 19.1. The van der Waals surface area contributed by atoms with E-state index in [4.69, 9.17) is 22.2 Å². The van der Waals surface area contributed by atoms with Crippen LogP contribution in [0.4, 0.5) is 4.39 Å². The van der Waals surface area contributed by atoms with E-state index in [9.17, 15) is 14.0 Å². The quantitative estimate of drug-likeness (QED) is 0.337. The van der Waals surface area contributed by atoms with Crippen LogP contribution in [0.3, 0.4) is 0 Å². The van der Waals surface area contributed by atoms with Crippen LogP contribution in [0.15, 0.2) is 42.5 Å². The Kier molecular flexibility index (Phi) is 8.24. The van der Waals surface area contributed by atoms with E-state index in [-0.39, 0.29) is 37.6 Å². The lowest BCUT2D eigenvalue weighted by atomic mass is 9.69. The van der Waals surface area contributed by atoms with Gasteiger partial charge in [-0.05, 0) is 62.6 Å². The number of Topliss-reactive ketones (excluding diaryl/α,β-unsaturated/α-hetero) is 1. The van der Waals surface area contributed by atoms with Gasteiger partial charge in [-0.2, -0.15) is 0 Å². The SMILES string of the molecule is [B]N1C[C@H](C(=O)c2cccc(OC3CCCCO3)c2)[C@@H](c2cccc(F)c2C)[C@H](C(=O)OCC)C1. The second-order valence-corrected chi connectivity index (χ2v) is 9.20. The molecule has 0 aliphatic carbocycles.